The maximum absolute atomic E-state index is 13.1. The van der Waals surface area contributed by atoms with Gasteiger partial charge in [-0.1, -0.05) is 18.9 Å². The van der Waals surface area contributed by atoms with Crippen molar-refractivity contribution in [2.75, 3.05) is 27.8 Å². The van der Waals surface area contributed by atoms with Crippen LogP contribution in [0.25, 0.3) is 0 Å². The second kappa shape index (κ2) is 7.55. The van der Waals surface area contributed by atoms with Crippen molar-refractivity contribution in [2.24, 2.45) is 0 Å². The molecule has 24 heavy (non-hydrogen) atoms. The van der Waals surface area contributed by atoms with Crippen LogP contribution in [-0.2, 0) is 15.0 Å². The van der Waals surface area contributed by atoms with Gasteiger partial charge in [-0.15, -0.1) is 0 Å². The standard InChI is InChI=1S/C18H25NO5/c1-19(11-8-16(20)21)17(22)18(9-4-5-10-18)13-6-7-14(23-2)15(12-13)24-3/h6-7,12H,4-5,8-11H2,1-3H3,(H,20,21). The fourth-order valence-corrected chi connectivity index (χ4v) is 3.47. The van der Waals surface area contributed by atoms with Crippen molar-refractivity contribution in [3.8, 4) is 11.5 Å². The maximum Gasteiger partial charge on any atom is 0.305 e. The number of nitrogens with zero attached hydrogens (tertiary/aromatic N) is 1. The molecule has 6 heteroatoms. The zero-order valence-electron chi connectivity index (χ0n) is 14.5. The lowest BCUT2D eigenvalue weighted by atomic mass is 9.77. The number of carbonyl (C=O) groups excluding carboxylic acids is 1. The summed E-state index contributed by atoms with van der Waals surface area (Å²) in [6.07, 6.45) is 3.43. The maximum atomic E-state index is 13.1. The van der Waals surface area contributed by atoms with Crippen LogP contribution in [0.5, 0.6) is 11.5 Å². The third kappa shape index (κ3) is 3.47. The number of ether oxygens (including phenoxy) is 2. The van der Waals surface area contributed by atoms with Crippen LogP contribution in [-0.4, -0.2) is 49.7 Å². The van der Waals surface area contributed by atoms with Crippen LogP contribution >= 0.6 is 0 Å². The number of carboxylic acids is 1. The van der Waals surface area contributed by atoms with Gasteiger partial charge in [0.25, 0.3) is 0 Å². The van der Waals surface area contributed by atoms with E-state index in [0.29, 0.717) is 11.5 Å². The molecule has 1 N–H and O–H groups in total. The Labute approximate surface area is 142 Å². The van der Waals surface area contributed by atoms with Crippen LogP contribution in [0.3, 0.4) is 0 Å². The average molecular weight is 335 g/mol. The van der Waals surface area contributed by atoms with E-state index in [0.717, 1.165) is 31.2 Å². The number of aliphatic carboxylic acids is 1. The van der Waals surface area contributed by atoms with Crippen molar-refractivity contribution < 1.29 is 24.2 Å². The quantitative estimate of drug-likeness (QED) is 0.828. The zero-order valence-corrected chi connectivity index (χ0v) is 14.5. The summed E-state index contributed by atoms with van der Waals surface area (Å²) in [4.78, 5) is 25.4. The molecule has 1 aliphatic rings. The molecule has 1 aliphatic carbocycles. The largest absolute Gasteiger partial charge is 0.493 e. The van der Waals surface area contributed by atoms with E-state index in [1.165, 1.54) is 4.90 Å². The number of carbonyl (C=O) groups is 2. The third-order valence-electron chi connectivity index (χ3n) is 4.81. The summed E-state index contributed by atoms with van der Waals surface area (Å²) in [5.41, 5.74) is 0.303. The molecule has 0 atom stereocenters. The Bertz CT molecular complexity index is 607. The van der Waals surface area contributed by atoms with Crippen molar-refractivity contribution in [1.29, 1.82) is 0 Å². The number of benzene rings is 1. The fourth-order valence-electron chi connectivity index (χ4n) is 3.47. The topological polar surface area (TPSA) is 76.1 Å². The van der Waals surface area contributed by atoms with Gasteiger partial charge in [0, 0.05) is 13.6 Å². The van der Waals surface area contributed by atoms with Crippen molar-refractivity contribution >= 4 is 11.9 Å². The van der Waals surface area contributed by atoms with E-state index < -0.39 is 11.4 Å². The average Bonchev–Trinajstić information content (AvgIpc) is 3.09. The summed E-state index contributed by atoms with van der Waals surface area (Å²) in [7, 11) is 4.82. The van der Waals surface area contributed by atoms with E-state index in [1.807, 2.05) is 18.2 Å². The number of carboxylic acid groups (broad SMARTS) is 1. The minimum atomic E-state index is -0.902. The monoisotopic (exact) mass is 335 g/mol. The van der Waals surface area contributed by atoms with Crippen LogP contribution < -0.4 is 9.47 Å². The van der Waals surface area contributed by atoms with E-state index in [-0.39, 0.29) is 18.9 Å². The Hall–Kier alpha value is -2.24. The highest BCUT2D eigenvalue weighted by Gasteiger charge is 2.44. The van der Waals surface area contributed by atoms with Gasteiger partial charge in [0.15, 0.2) is 11.5 Å². The lowest BCUT2D eigenvalue weighted by Gasteiger charge is -2.33. The highest BCUT2D eigenvalue weighted by Crippen LogP contribution is 2.44. The molecule has 1 amide bonds. The number of likely N-dealkylation sites (N-methyl/N-ethyl adjacent to an activating group) is 1. The number of amides is 1. The van der Waals surface area contributed by atoms with Crippen molar-refractivity contribution in [3.05, 3.63) is 23.8 Å². The lowest BCUT2D eigenvalue weighted by molar-refractivity contribution is -0.139. The predicted molar refractivity (Wildman–Crippen MR) is 89.6 cm³/mol. The van der Waals surface area contributed by atoms with E-state index >= 15 is 0 Å². The molecule has 1 aromatic rings. The molecule has 1 saturated carbocycles. The summed E-state index contributed by atoms with van der Waals surface area (Å²) in [6.45, 7) is 0.212. The smallest absolute Gasteiger partial charge is 0.305 e. The van der Waals surface area contributed by atoms with Gasteiger partial charge in [-0.25, -0.2) is 0 Å². The predicted octanol–water partition coefficient (Wildman–Crippen LogP) is 2.45. The van der Waals surface area contributed by atoms with Crippen molar-refractivity contribution in [2.45, 2.75) is 37.5 Å². The highest BCUT2D eigenvalue weighted by atomic mass is 16.5. The minimum absolute atomic E-state index is 0.0199. The second-order valence-electron chi connectivity index (χ2n) is 6.23. The van der Waals surface area contributed by atoms with E-state index in [4.69, 9.17) is 14.6 Å². The van der Waals surface area contributed by atoms with Gasteiger partial charge in [-0.2, -0.15) is 0 Å². The van der Waals surface area contributed by atoms with Gasteiger partial charge < -0.3 is 19.5 Å². The molecule has 0 aromatic heterocycles. The molecule has 2 rings (SSSR count). The normalized spacial score (nSPS) is 15.8. The van der Waals surface area contributed by atoms with Crippen LogP contribution in [0.15, 0.2) is 18.2 Å². The Morgan fingerprint density at radius 1 is 1.17 bits per heavy atom. The second-order valence-corrected chi connectivity index (χ2v) is 6.23. The Morgan fingerprint density at radius 2 is 1.79 bits per heavy atom. The number of rotatable bonds is 7. The molecule has 0 unspecified atom stereocenters. The highest BCUT2D eigenvalue weighted by molar-refractivity contribution is 5.89. The van der Waals surface area contributed by atoms with Gasteiger partial charge in [0.1, 0.15) is 0 Å². The number of hydrogen-bond acceptors (Lipinski definition) is 4. The van der Waals surface area contributed by atoms with E-state index in [1.54, 1.807) is 21.3 Å². The third-order valence-corrected chi connectivity index (χ3v) is 4.81. The molecular weight excluding hydrogens is 310 g/mol. The van der Waals surface area contributed by atoms with Crippen molar-refractivity contribution in [3.63, 3.8) is 0 Å². The lowest BCUT2D eigenvalue weighted by Crippen LogP contribution is -2.44. The molecule has 132 valence electrons. The summed E-state index contributed by atoms with van der Waals surface area (Å²) in [5.74, 6) is 0.304. The molecule has 0 radical (unpaired) electrons. The number of hydrogen-bond donors (Lipinski definition) is 1. The molecular formula is C18H25NO5. The minimum Gasteiger partial charge on any atom is -0.493 e. The van der Waals surface area contributed by atoms with Gasteiger partial charge in [-0.3, -0.25) is 9.59 Å². The molecule has 1 fully saturated rings. The van der Waals surface area contributed by atoms with E-state index in [9.17, 15) is 9.59 Å². The van der Waals surface area contributed by atoms with Crippen LogP contribution in [0.1, 0.15) is 37.7 Å². The van der Waals surface area contributed by atoms with Crippen molar-refractivity contribution in [1.82, 2.24) is 4.90 Å². The van der Waals surface area contributed by atoms with Gasteiger partial charge >= 0.3 is 5.97 Å². The molecule has 0 aliphatic heterocycles. The fraction of sp³-hybridized carbons (Fsp3) is 0.556. The summed E-state index contributed by atoms with van der Waals surface area (Å²) < 4.78 is 10.6. The van der Waals surface area contributed by atoms with Gasteiger partial charge in [0.05, 0.1) is 26.1 Å². The molecule has 6 nitrogen and oxygen atoms in total. The molecule has 0 saturated heterocycles. The molecule has 0 bridgehead atoms. The first-order valence-electron chi connectivity index (χ1n) is 8.14. The molecule has 0 heterocycles. The Morgan fingerprint density at radius 3 is 2.33 bits per heavy atom. The zero-order chi connectivity index (χ0) is 17.7. The van der Waals surface area contributed by atoms with E-state index in [2.05, 4.69) is 0 Å². The molecule has 0 spiro atoms. The Kier molecular flexibility index (Phi) is 5.70. The Balaban J connectivity index is 2.33. The number of methoxy groups -OCH3 is 2. The SMILES string of the molecule is COc1ccc(C2(C(=O)N(C)CCC(=O)O)CCCC2)cc1OC. The first kappa shape index (κ1) is 18.1. The van der Waals surface area contributed by atoms with Crippen LogP contribution in [0.2, 0.25) is 0 Å². The van der Waals surface area contributed by atoms with Crippen LogP contribution in [0.4, 0.5) is 0 Å². The first-order chi connectivity index (χ1) is 11.4. The van der Waals surface area contributed by atoms with Gasteiger partial charge in [0.2, 0.25) is 5.91 Å². The van der Waals surface area contributed by atoms with Gasteiger partial charge in [-0.05, 0) is 30.5 Å². The molecule has 1 aromatic carbocycles. The first-order valence-corrected chi connectivity index (χ1v) is 8.14. The van der Waals surface area contributed by atoms with Crippen LogP contribution in [0, 0.1) is 0 Å². The summed E-state index contributed by atoms with van der Waals surface area (Å²) in [5, 5.41) is 8.85. The summed E-state index contributed by atoms with van der Waals surface area (Å²) >= 11 is 0. The summed E-state index contributed by atoms with van der Waals surface area (Å²) in [6, 6.07) is 5.60.